The summed E-state index contributed by atoms with van der Waals surface area (Å²) in [6.45, 7) is 3.60. The predicted molar refractivity (Wildman–Crippen MR) is 79.0 cm³/mol. The van der Waals surface area contributed by atoms with Gasteiger partial charge in [-0.05, 0) is 37.6 Å². The summed E-state index contributed by atoms with van der Waals surface area (Å²) in [5.41, 5.74) is 5.12. The van der Waals surface area contributed by atoms with E-state index < -0.39 is 0 Å². The van der Waals surface area contributed by atoms with Crippen molar-refractivity contribution < 1.29 is 9.90 Å². The SMILES string of the molecule is C/C(=N\NC(=O)c1ccccc1C)c1ccccc1O. The largest absolute Gasteiger partial charge is 0.507 e. The van der Waals surface area contributed by atoms with E-state index in [1.807, 2.05) is 25.1 Å². The molecular weight excluding hydrogens is 252 g/mol. The Kier molecular flexibility index (Phi) is 4.15. The first-order valence-corrected chi connectivity index (χ1v) is 6.28. The Balaban J connectivity index is 2.16. The maximum Gasteiger partial charge on any atom is 0.271 e. The van der Waals surface area contributed by atoms with E-state index in [2.05, 4.69) is 10.5 Å². The van der Waals surface area contributed by atoms with Crippen molar-refractivity contribution in [2.45, 2.75) is 13.8 Å². The standard InChI is InChI=1S/C16H16N2O2/c1-11-7-3-4-8-13(11)16(20)18-17-12(2)14-9-5-6-10-15(14)19/h3-10,19H,1-2H3,(H,18,20)/b17-12+. The number of nitrogens with zero attached hydrogens (tertiary/aromatic N) is 1. The summed E-state index contributed by atoms with van der Waals surface area (Å²) >= 11 is 0. The van der Waals surface area contributed by atoms with Crippen LogP contribution in [0.25, 0.3) is 0 Å². The highest BCUT2D eigenvalue weighted by Crippen LogP contribution is 2.16. The van der Waals surface area contributed by atoms with Gasteiger partial charge in [-0.2, -0.15) is 5.10 Å². The zero-order valence-electron chi connectivity index (χ0n) is 11.4. The predicted octanol–water partition coefficient (Wildman–Crippen LogP) is 2.85. The van der Waals surface area contributed by atoms with E-state index >= 15 is 0 Å². The van der Waals surface area contributed by atoms with Gasteiger partial charge in [-0.15, -0.1) is 0 Å². The van der Waals surface area contributed by atoms with E-state index in [-0.39, 0.29) is 11.7 Å². The molecule has 0 atom stereocenters. The van der Waals surface area contributed by atoms with Crippen LogP contribution in [0.15, 0.2) is 53.6 Å². The molecule has 4 nitrogen and oxygen atoms in total. The summed E-state index contributed by atoms with van der Waals surface area (Å²) in [6, 6.07) is 14.2. The number of rotatable bonds is 3. The fourth-order valence-corrected chi connectivity index (χ4v) is 1.86. The molecule has 2 N–H and O–H groups in total. The molecule has 0 saturated carbocycles. The number of aryl methyl sites for hydroxylation is 1. The summed E-state index contributed by atoms with van der Waals surface area (Å²) in [5, 5.41) is 13.7. The van der Waals surface area contributed by atoms with Crippen molar-refractivity contribution in [3.63, 3.8) is 0 Å². The van der Waals surface area contributed by atoms with Gasteiger partial charge in [0.05, 0.1) is 5.71 Å². The van der Waals surface area contributed by atoms with Crippen molar-refractivity contribution in [1.82, 2.24) is 5.43 Å². The van der Waals surface area contributed by atoms with E-state index in [1.54, 1.807) is 37.3 Å². The lowest BCUT2D eigenvalue weighted by Crippen LogP contribution is -2.20. The number of hydrogen-bond acceptors (Lipinski definition) is 3. The van der Waals surface area contributed by atoms with Gasteiger partial charge < -0.3 is 5.11 Å². The second kappa shape index (κ2) is 6.02. The molecule has 0 spiro atoms. The maximum absolute atomic E-state index is 12.0. The molecule has 2 aromatic rings. The van der Waals surface area contributed by atoms with Gasteiger partial charge in [0.15, 0.2) is 0 Å². The van der Waals surface area contributed by atoms with Gasteiger partial charge in [0.2, 0.25) is 0 Å². The Morgan fingerprint density at radius 2 is 1.65 bits per heavy atom. The molecule has 1 amide bonds. The summed E-state index contributed by atoms with van der Waals surface area (Å²) in [7, 11) is 0. The van der Waals surface area contributed by atoms with E-state index in [0.717, 1.165) is 5.56 Å². The summed E-state index contributed by atoms with van der Waals surface area (Å²) < 4.78 is 0. The van der Waals surface area contributed by atoms with Crippen LogP contribution < -0.4 is 5.43 Å². The number of hydrazone groups is 1. The second-order valence-corrected chi connectivity index (χ2v) is 4.47. The molecule has 102 valence electrons. The first-order valence-electron chi connectivity index (χ1n) is 6.28. The highest BCUT2D eigenvalue weighted by molar-refractivity contribution is 6.02. The third-order valence-electron chi connectivity index (χ3n) is 3.01. The smallest absolute Gasteiger partial charge is 0.271 e. The fraction of sp³-hybridized carbons (Fsp3) is 0.125. The number of amides is 1. The minimum absolute atomic E-state index is 0.138. The summed E-state index contributed by atoms with van der Waals surface area (Å²) in [5.74, 6) is -0.128. The number of para-hydroxylation sites is 1. The molecule has 0 saturated heterocycles. The van der Waals surface area contributed by atoms with Crippen molar-refractivity contribution >= 4 is 11.6 Å². The monoisotopic (exact) mass is 268 g/mol. The molecule has 0 heterocycles. The molecule has 0 aliphatic heterocycles. The first-order chi connectivity index (χ1) is 9.59. The van der Waals surface area contributed by atoms with Crippen LogP contribution in [-0.2, 0) is 0 Å². The zero-order chi connectivity index (χ0) is 14.5. The molecule has 0 bridgehead atoms. The van der Waals surface area contributed by atoms with Gasteiger partial charge in [0, 0.05) is 11.1 Å². The lowest BCUT2D eigenvalue weighted by molar-refractivity contribution is 0.0954. The van der Waals surface area contributed by atoms with E-state index in [4.69, 9.17) is 0 Å². The number of aromatic hydroxyl groups is 1. The molecule has 2 aromatic carbocycles. The molecule has 0 aliphatic rings. The van der Waals surface area contributed by atoms with Crippen LogP contribution in [0.2, 0.25) is 0 Å². The number of nitrogens with one attached hydrogen (secondary N) is 1. The third-order valence-corrected chi connectivity index (χ3v) is 3.01. The zero-order valence-corrected chi connectivity index (χ0v) is 11.4. The molecule has 4 heteroatoms. The van der Waals surface area contributed by atoms with Gasteiger partial charge in [-0.3, -0.25) is 4.79 Å². The van der Waals surface area contributed by atoms with Crippen LogP contribution in [0.1, 0.15) is 28.4 Å². The Morgan fingerprint density at radius 1 is 1.05 bits per heavy atom. The maximum atomic E-state index is 12.0. The van der Waals surface area contributed by atoms with Gasteiger partial charge in [0.1, 0.15) is 5.75 Å². The van der Waals surface area contributed by atoms with E-state index in [0.29, 0.717) is 16.8 Å². The van der Waals surface area contributed by atoms with Gasteiger partial charge in [0.25, 0.3) is 5.91 Å². The van der Waals surface area contributed by atoms with Crippen LogP contribution in [0.3, 0.4) is 0 Å². The summed E-state index contributed by atoms with van der Waals surface area (Å²) in [4.78, 5) is 12.0. The van der Waals surface area contributed by atoms with E-state index in [9.17, 15) is 9.90 Å². The topological polar surface area (TPSA) is 61.7 Å². The van der Waals surface area contributed by atoms with Crippen LogP contribution in [0, 0.1) is 6.92 Å². The molecule has 20 heavy (non-hydrogen) atoms. The average molecular weight is 268 g/mol. The molecular formula is C16H16N2O2. The average Bonchev–Trinajstić information content (AvgIpc) is 2.45. The number of hydrogen-bond donors (Lipinski definition) is 2. The lowest BCUT2D eigenvalue weighted by Gasteiger charge is -2.06. The van der Waals surface area contributed by atoms with E-state index in [1.165, 1.54) is 0 Å². The van der Waals surface area contributed by atoms with Gasteiger partial charge in [-0.25, -0.2) is 5.43 Å². The molecule has 0 unspecified atom stereocenters. The Morgan fingerprint density at radius 3 is 2.30 bits per heavy atom. The van der Waals surface area contributed by atoms with Crippen molar-refractivity contribution in [2.24, 2.45) is 5.10 Å². The van der Waals surface area contributed by atoms with Crippen molar-refractivity contribution in [2.75, 3.05) is 0 Å². The van der Waals surface area contributed by atoms with Crippen LogP contribution in [-0.4, -0.2) is 16.7 Å². The van der Waals surface area contributed by atoms with Crippen molar-refractivity contribution in [3.05, 3.63) is 65.2 Å². The molecule has 0 aromatic heterocycles. The second-order valence-electron chi connectivity index (χ2n) is 4.47. The molecule has 0 fully saturated rings. The Bertz CT molecular complexity index is 663. The number of carbonyl (C=O) groups excluding carboxylic acids is 1. The minimum Gasteiger partial charge on any atom is -0.507 e. The Labute approximate surface area is 117 Å². The Hall–Kier alpha value is -2.62. The van der Waals surface area contributed by atoms with Gasteiger partial charge >= 0.3 is 0 Å². The molecule has 0 radical (unpaired) electrons. The highest BCUT2D eigenvalue weighted by Gasteiger charge is 2.08. The fourth-order valence-electron chi connectivity index (χ4n) is 1.86. The third kappa shape index (κ3) is 3.03. The van der Waals surface area contributed by atoms with Crippen LogP contribution in [0.4, 0.5) is 0 Å². The number of benzene rings is 2. The molecule has 2 rings (SSSR count). The van der Waals surface area contributed by atoms with Crippen LogP contribution in [0.5, 0.6) is 5.75 Å². The molecule has 0 aliphatic carbocycles. The normalized spacial score (nSPS) is 11.2. The van der Waals surface area contributed by atoms with Crippen molar-refractivity contribution in [1.29, 1.82) is 0 Å². The van der Waals surface area contributed by atoms with Gasteiger partial charge in [-0.1, -0.05) is 30.3 Å². The number of phenols is 1. The minimum atomic E-state index is -0.266. The first kappa shape index (κ1) is 13.8. The number of carbonyl (C=O) groups is 1. The lowest BCUT2D eigenvalue weighted by atomic mass is 10.1. The highest BCUT2D eigenvalue weighted by atomic mass is 16.3. The van der Waals surface area contributed by atoms with Crippen LogP contribution >= 0.6 is 0 Å². The van der Waals surface area contributed by atoms with Crippen molar-refractivity contribution in [3.8, 4) is 5.75 Å². The quantitative estimate of drug-likeness (QED) is 0.664. The summed E-state index contributed by atoms with van der Waals surface area (Å²) in [6.07, 6.45) is 0. The number of phenolic OH excluding ortho intramolecular Hbond substituents is 1.